The summed E-state index contributed by atoms with van der Waals surface area (Å²) in [6, 6.07) is 0. The average Bonchev–Trinajstić information content (AvgIpc) is 2.17. The molecule has 5 heteroatoms. The fourth-order valence-corrected chi connectivity index (χ4v) is 1.82. The second kappa shape index (κ2) is 5.24. The van der Waals surface area contributed by atoms with E-state index < -0.39 is 12.3 Å². The Morgan fingerprint density at radius 1 is 1.57 bits per heavy atom. The molecule has 1 fully saturated rings. The molecule has 0 aliphatic carbocycles. The zero-order valence-corrected chi connectivity index (χ0v) is 7.96. The third-order valence-electron chi connectivity index (χ3n) is 2.55. The number of alkyl halides is 2. The van der Waals surface area contributed by atoms with E-state index in [-0.39, 0.29) is 12.5 Å². The summed E-state index contributed by atoms with van der Waals surface area (Å²) >= 11 is 0. The summed E-state index contributed by atoms with van der Waals surface area (Å²) in [5.74, 6) is -0.899. The van der Waals surface area contributed by atoms with Gasteiger partial charge in [0.15, 0.2) is 0 Å². The van der Waals surface area contributed by atoms with E-state index in [1.54, 1.807) is 0 Å². The molecule has 0 saturated carbocycles. The lowest BCUT2D eigenvalue weighted by Crippen LogP contribution is -2.43. The number of rotatable bonds is 3. The Morgan fingerprint density at radius 3 is 2.86 bits per heavy atom. The molecule has 0 radical (unpaired) electrons. The molecule has 0 spiro atoms. The number of aliphatic hydroxyl groups excluding tert-OH is 1. The lowest BCUT2D eigenvalue weighted by molar-refractivity contribution is -0.144. The molecule has 1 N–H and O–H groups in total. The van der Waals surface area contributed by atoms with E-state index in [4.69, 9.17) is 5.11 Å². The maximum atomic E-state index is 12.1. The SMILES string of the molecule is O=C(C(F)F)N1CCCC(CCO)C1. The molecule has 1 aliphatic heterocycles. The summed E-state index contributed by atoms with van der Waals surface area (Å²) in [7, 11) is 0. The molecule has 3 nitrogen and oxygen atoms in total. The first-order valence-electron chi connectivity index (χ1n) is 4.83. The Balaban J connectivity index is 2.43. The Morgan fingerprint density at radius 2 is 2.29 bits per heavy atom. The van der Waals surface area contributed by atoms with Crippen LogP contribution in [0.15, 0.2) is 0 Å². The van der Waals surface area contributed by atoms with Gasteiger partial charge in [-0.2, -0.15) is 8.78 Å². The number of nitrogens with zero attached hydrogens (tertiary/aromatic N) is 1. The predicted octanol–water partition coefficient (Wildman–Crippen LogP) is 0.873. The van der Waals surface area contributed by atoms with Gasteiger partial charge in [0.2, 0.25) is 0 Å². The Hall–Kier alpha value is -0.710. The van der Waals surface area contributed by atoms with Gasteiger partial charge in [0.05, 0.1) is 0 Å². The van der Waals surface area contributed by atoms with E-state index in [0.717, 1.165) is 12.8 Å². The van der Waals surface area contributed by atoms with Crippen LogP contribution in [0, 0.1) is 5.92 Å². The molecule has 14 heavy (non-hydrogen) atoms. The summed E-state index contributed by atoms with van der Waals surface area (Å²) in [5.41, 5.74) is 0. The number of amides is 1. The van der Waals surface area contributed by atoms with Crippen LogP contribution in [0.4, 0.5) is 8.78 Å². The molecule has 0 bridgehead atoms. The van der Waals surface area contributed by atoms with E-state index in [2.05, 4.69) is 0 Å². The zero-order valence-electron chi connectivity index (χ0n) is 7.96. The van der Waals surface area contributed by atoms with E-state index >= 15 is 0 Å². The normalized spacial score (nSPS) is 22.9. The van der Waals surface area contributed by atoms with Gasteiger partial charge in [-0.05, 0) is 25.2 Å². The van der Waals surface area contributed by atoms with E-state index in [1.165, 1.54) is 4.90 Å². The van der Waals surface area contributed by atoms with Crippen molar-refractivity contribution in [3.8, 4) is 0 Å². The molecule has 0 aromatic carbocycles. The van der Waals surface area contributed by atoms with Crippen LogP contribution in [-0.2, 0) is 4.79 Å². The van der Waals surface area contributed by atoms with Crippen molar-refractivity contribution in [2.24, 2.45) is 5.92 Å². The molecule has 0 aromatic heterocycles. The first-order valence-corrected chi connectivity index (χ1v) is 4.83. The monoisotopic (exact) mass is 207 g/mol. The maximum absolute atomic E-state index is 12.1. The van der Waals surface area contributed by atoms with E-state index in [9.17, 15) is 13.6 Å². The number of hydrogen-bond acceptors (Lipinski definition) is 2. The summed E-state index contributed by atoms with van der Waals surface area (Å²) in [5, 5.41) is 8.70. The Bertz CT molecular complexity index is 197. The van der Waals surface area contributed by atoms with Crippen LogP contribution in [0.2, 0.25) is 0 Å². The number of likely N-dealkylation sites (tertiary alicyclic amines) is 1. The van der Waals surface area contributed by atoms with Gasteiger partial charge >= 0.3 is 6.43 Å². The van der Waals surface area contributed by atoms with Gasteiger partial charge in [0.25, 0.3) is 5.91 Å². The highest BCUT2D eigenvalue weighted by molar-refractivity contribution is 5.79. The molecule has 1 rings (SSSR count). The number of hydrogen-bond donors (Lipinski definition) is 1. The second-order valence-electron chi connectivity index (χ2n) is 3.61. The van der Waals surface area contributed by atoms with Gasteiger partial charge in [-0.3, -0.25) is 4.79 Å². The van der Waals surface area contributed by atoms with Crippen LogP contribution in [0.5, 0.6) is 0 Å². The molecule has 82 valence electrons. The molecule has 1 aliphatic rings. The first kappa shape index (κ1) is 11.4. The summed E-state index contributed by atoms with van der Waals surface area (Å²) in [6.07, 6.45) is -0.646. The third-order valence-corrected chi connectivity index (χ3v) is 2.55. The van der Waals surface area contributed by atoms with Crippen LogP contribution < -0.4 is 0 Å². The number of carbonyl (C=O) groups is 1. The third kappa shape index (κ3) is 2.90. The number of aliphatic hydroxyl groups is 1. The largest absolute Gasteiger partial charge is 0.396 e. The van der Waals surface area contributed by atoms with Gasteiger partial charge in [-0.1, -0.05) is 0 Å². The standard InChI is InChI=1S/C9H15F2NO2/c10-8(11)9(14)12-4-1-2-7(6-12)3-5-13/h7-8,13H,1-6H2. The summed E-state index contributed by atoms with van der Waals surface area (Å²) in [6.45, 7) is 0.843. The molecule has 1 heterocycles. The minimum atomic E-state index is -2.90. The van der Waals surface area contributed by atoms with Crippen LogP contribution >= 0.6 is 0 Å². The molecule has 0 aromatic rings. The molecular formula is C9H15F2NO2. The van der Waals surface area contributed by atoms with Gasteiger partial charge in [-0.25, -0.2) is 0 Å². The predicted molar refractivity (Wildman–Crippen MR) is 47.0 cm³/mol. The van der Waals surface area contributed by atoms with Gasteiger partial charge in [0.1, 0.15) is 0 Å². The topological polar surface area (TPSA) is 40.5 Å². The first-order chi connectivity index (χ1) is 6.65. The van der Waals surface area contributed by atoms with E-state index in [1.807, 2.05) is 0 Å². The lowest BCUT2D eigenvalue weighted by atomic mass is 9.95. The number of piperidine rings is 1. The highest BCUT2D eigenvalue weighted by Crippen LogP contribution is 2.20. The van der Waals surface area contributed by atoms with Crippen molar-refractivity contribution in [1.82, 2.24) is 4.90 Å². The van der Waals surface area contributed by atoms with Crippen LogP contribution in [0.1, 0.15) is 19.3 Å². The summed E-state index contributed by atoms with van der Waals surface area (Å²) < 4.78 is 24.2. The number of halogens is 2. The van der Waals surface area contributed by atoms with E-state index in [0.29, 0.717) is 19.5 Å². The summed E-state index contributed by atoms with van der Waals surface area (Å²) in [4.78, 5) is 12.2. The lowest BCUT2D eigenvalue weighted by Gasteiger charge is -2.32. The van der Waals surface area contributed by atoms with Crippen molar-refractivity contribution in [2.45, 2.75) is 25.7 Å². The highest BCUT2D eigenvalue weighted by Gasteiger charge is 2.28. The van der Waals surface area contributed by atoms with Crippen molar-refractivity contribution in [3.05, 3.63) is 0 Å². The van der Waals surface area contributed by atoms with Crippen molar-refractivity contribution in [3.63, 3.8) is 0 Å². The molecule has 1 unspecified atom stereocenters. The Labute approximate surface area is 81.7 Å². The fourth-order valence-electron chi connectivity index (χ4n) is 1.82. The molecular weight excluding hydrogens is 192 g/mol. The van der Waals surface area contributed by atoms with Crippen molar-refractivity contribution < 1.29 is 18.7 Å². The second-order valence-corrected chi connectivity index (χ2v) is 3.61. The van der Waals surface area contributed by atoms with Gasteiger partial charge in [-0.15, -0.1) is 0 Å². The average molecular weight is 207 g/mol. The fraction of sp³-hybridized carbons (Fsp3) is 0.889. The smallest absolute Gasteiger partial charge is 0.315 e. The van der Waals surface area contributed by atoms with Crippen LogP contribution in [0.25, 0.3) is 0 Å². The number of carbonyl (C=O) groups excluding carboxylic acids is 1. The van der Waals surface area contributed by atoms with Crippen LogP contribution in [0.3, 0.4) is 0 Å². The molecule has 1 atom stereocenters. The van der Waals surface area contributed by atoms with Crippen molar-refractivity contribution in [2.75, 3.05) is 19.7 Å². The maximum Gasteiger partial charge on any atom is 0.315 e. The zero-order chi connectivity index (χ0) is 10.6. The van der Waals surface area contributed by atoms with Crippen molar-refractivity contribution in [1.29, 1.82) is 0 Å². The minimum absolute atomic E-state index is 0.0569. The Kier molecular flexibility index (Phi) is 4.25. The molecule has 1 amide bonds. The van der Waals surface area contributed by atoms with Crippen LogP contribution in [-0.4, -0.2) is 42.0 Å². The quantitative estimate of drug-likeness (QED) is 0.746. The highest BCUT2D eigenvalue weighted by atomic mass is 19.3. The van der Waals surface area contributed by atoms with Gasteiger partial charge in [0, 0.05) is 19.7 Å². The van der Waals surface area contributed by atoms with Gasteiger partial charge < -0.3 is 10.0 Å². The molecule has 1 saturated heterocycles. The minimum Gasteiger partial charge on any atom is -0.396 e. The van der Waals surface area contributed by atoms with Crippen molar-refractivity contribution >= 4 is 5.91 Å².